The average Bonchev–Trinajstić information content (AvgIpc) is 2.86. The summed E-state index contributed by atoms with van der Waals surface area (Å²) < 4.78 is 5.30. The van der Waals surface area contributed by atoms with Gasteiger partial charge in [0.1, 0.15) is 30.2 Å². The van der Waals surface area contributed by atoms with Crippen LogP contribution in [0, 0.1) is 0 Å². The first-order valence-corrected chi connectivity index (χ1v) is 5.10. The van der Waals surface area contributed by atoms with E-state index in [9.17, 15) is 10.2 Å². The van der Waals surface area contributed by atoms with Crippen LogP contribution in [0.3, 0.4) is 0 Å². The molecule has 0 aromatic carbocycles. The maximum absolute atomic E-state index is 9.76. The molecule has 0 saturated carbocycles. The lowest BCUT2D eigenvalue weighted by Gasteiger charge is -2.12. The Morgan fingerprint density at radius 3 is 2.88 bits per heavy atom. The molecule has 3 heterocycles. The molecule has 17 heavy (non-hydrogen) atoms. The SMILES string of the molecule is Nc1ncnc2c([C@@H]3OC[C@@H](O)[C@H]3O)[nH]nc12. The number of ether oxygens (including phenoxy) is 1. The Bertz CT molecular complexity index is 557. The highest BCUT2D eigenvalue weighted by Gasteiger charge is 2.38. The maximum atomic E-state index is 9.76. The Hall–Kier alpha value is -1.77. The minimum atomic E-state index is -1.00. The van der Waals surface area contributed by atoms with E-state index in [2.05, 4.69) is 20.2 Å². The van der Waals surface area contributed by atoms with Gasteiger partial charge >= 0.3 is 0 Å². The fourth-order valence-corrected chi connectivity index (χ4v) is 1.92. The first-order valence-electron chi connectivity index (χ1n) is 5.10. The molecule has 0 aliphatic carbocycles. The molecule has 1 aliphatic heterocycles. The first-order chi connectivity index (χ1) is 8.18. The Labute approximate surface area is 95.4 Å². The molecule has 0 radical (unpaired) electrons. The van der Waals surface area contributed by atoms with Gasteiger partial charge in [0.2, 0.25) is 0 Å². The van der Waals surface area contributed by atoms with Gasteiger partial charge in [-0.2, -0.15) is 5.10 Å². The number of rotatable bonds is 1. The predicted molar refractivity (Wildman–Crippen MR) is 56.8 cm³/mol. The van der Waals surface area contributed by atoms with Crippen molar-refractivity contribution in [2.45, 2.75) is 18.3 Å². The van der Waals surface area contributed by atoms with Gasteiger partial charge in [-0.15, -0.1) is 0 Å². The highest BCUT2D eigenvalue weighted by Crippen LogP contribution is 2.32. The average molecular weight is 237 g/mol. The third kappa shape index (κ3) is 1.46. The van der Waals surface area contributed by atoms with Gasteiger partial charge in [-0.05, 0) is 0 Å². The van der Waals surface area contributed by atoms with Crippen LogP contribution in [0.4, 0.5) is 5.82 Å². The maximum Gasteiger partial charge on any atom is 0.155 e. The summed E-state index contributed by atoms with van der Waals surface area (Å²) in [6.45, 7) is 0.0763. The topological polar surface area (TPSA) is 130 Å². The van der Waals surface area contributed by atoms with Crippen LogP contribution in [0.2, 0.25) is 0 Å². The summed E-state index contributed by atoms with van der Waals surface area (Å²) in [6, 6.07) is 0. The van der Waals surface area contributed by atoms with Crippen molar-refractivity contribution in [3.05, 3.63) is 12.0 Å². The molecule has 3 atom stereocenters. The van der Waals surface area contributed by atoms with Crippen LogP contribution in [0.25, 0.3) is 11.0 Å². The molecular formula is C9H11N5O3. The van der Waals surface area contributed by atoms with Crippen LogP contribution >= 0.6 is 0 Å². The van der Waals surface area contributed by atoms with E-state index in [-0.39, 0.29) is 12.4 Å². The van der Waals surface area contributed by atoms with Gasteiger partial charge in [0.05, 0.1) is 12.3 Å². The van der Waals surface area contributed by atoms with Gasteiger partial charge in [0, 0.05) is 0 Å². The van der Waals surface area contributed by atoms with Gasteiger partial charge in [0.25, 0.3) is 0 Å². The molecule has 0 amide bonds. The quantitative estimate of drug-likeness (QED) is 0.486. The van der Waals surface area contributed by atoms with Gasteiger partial charge in [-0.25, -0.2) is 9.97 Å². The van der Waals surface area contributed by atoms with E-state index in [4.69, 9.17) is 10.5 Å². The van der Waals surface area contributed by atoms with Crippen LogP contribution in [0.15, 0.2) is 6.33 Å². The molecule has 1 aliphatic rings. The van der Waals surface area contributed by atoms with Crippen molar-refractivity contribution in [1.29, 1.82) is 0 Å². The zero-order valence-corrected chi connectivity index (χ0v) is 8.74. The standard InChI is InChI=1S/C9H11N5O3/c10-9-6-4(11-2-12-9)5(13-14-6)8-7(16)3(15)1-17-8/h2-3,7-8,15-16H,1H2,(H,13,14)(H2,10,11,12)/t3-,7-,8+/m1/s1. The molecule has 2 aromatic heterocycles. The number of nitrogen functional groups attached to an aromatic ring is 1. The first kappa shape index (κ1) is 10.4. The van der Waals surface area contributed by atoms with Crippen molar-refractivity contribution >= 4 is 16.9 Å². The van der Waals surface area contributed by atoms with E-state index in [1.165, 1.54) is 6.33 Å². The number of hydrogen-bond donors (Lipinski definition) is 4. The van der Waals surface area contributed by atoms with Crippen molar-refractivity contribution in [2.75, 3.05) is 12.3 Å². The van der Waals surface area contributed by atoms with Crippen LogP contribution < -0.4 is 5.73 Å². The monoisotopic (exact) mass is 237 g/mol. The summed E-state index contributed by atoms with van der Waals surface area (Å²) in [7, 11) is 0. The molecule has 8 heteroatoms. The number of nitrogens with one attached hydrogen (secondary N) is 1. The van der Waals surface area contributed by atoms with Crippen LogP contribution in [0.5, 0.6) is 0 Å². The Morgan fingerprint density at radius 1 is 1.35 bits per heavy atom. The number of fused-ring (bicyclic) bond motifs is 1. The summed E-state index contributed by atoms with van der Waals surface area (Å²) in [5, 5.41) is 25.9. The van der Waals surface area contributed by atoms with Gasteiger partial charge in [-0.1, -0.05) is 0 Å². The number of nitrogens with zero attached hydrogens (tertiary/aromatic N) is 3. The van der Waals surface area contributed by atoms with Gasteiger partial charge in [-0.3, -0.25) is 5.10 Å². The summed E-state index contributed by atoms with van der Waals surface area (Å²) in [6.07, 6.45) is -1.27. The van der Waals surface area contributed by atoms with Crippen molar-refractivity contribution < 1.29 is 14.9 Å². The Morgan fingerprint density at radius 2 is 2.18 bits per heavy atom. The summed E-state index contributed by atoms with van der Waals surface area (Å²) in [5.41, 5.74) is 7.07. The van der Waals surface area contributed by atoms with E-state index < -0.39 is 18.3 Å². The van der Waals surface area contributed by atoms with Crippen LogP contribution in [-0.2, 0) is 4.74 Å². The predicted octanol–water partition coefficient (Wildman–Crippen LogP) is -1.27. The molecule has 0 bridgehead atoms. The molecule has 1 saturated heterocycles. The zero-order chi connectivity index (χ0) is 12.0. The lowest BCUT2D eigenvalue weighted by molar-refractivity contribution is 0.0210. The van der Waals surface area contributed by atoms with Crippen LogP contribution in [0.1, 0.15) is 11.8 Å². The normalized spacial score (nSPS) is 28.9. The van der Waals surface area contributed by atoms with Crippen molar-refractivity contribution in [3.63, 3.8) is 0 Å². The fourth-order valence-electron chi connectivity index (χ4n) is 1.92. The molecule has 0 unspecified atom stereocenters. The van der Waals surface area contributed by atoms with E-state index in [0.29, 0.717) is 16.7 Å². The number of aromatic amines is 1. The number of aliphatic hydroxyl groups excluding tert-OH is 2. The van der Waals surface area contributed by atoms with Crippen molar-refractivity contribution in [3.8, 4) is 0 Å². The molecule has 8 nitrogen and oxygen atoms in total. The molecule has 1 fully saturated rings. The number of H-pyrrole nitrogens is 1. The minimum Gasteiger partial charge on any atom is -0.388 e. The Kier molecular flexibility index (Phi) is 2.21. The minimum absolute atomic E-state index is 0.0763. The largest absolute Gasteiger partial charge is 0.388 e. The second kappa shape index (κ2) is 3.62. The molecule has 0 spiro atoms. The number of aliphatic hydroxyl groups is 2. The fraction of sp³-hybridized carbons (Fsp3) is 0.444. The molecular weight excluding hydrogens is 226 g/mol. The lowest BCUT2D eigenvalue weighted by atomic mass is 10.1. The van der Waals surface area contributed by atoms with Gasteiger partial charge < -0.3 is 20.7 Å². The highest BCUT2D eigenvalue weighted by atomic mass is 16.5. The van der Waals surface area contributed by atoms with E-state index in [1.807, 2.05) is 0 Å². The summed E-state index contributed by atoms with van der Waals surface area (Å²) >= 11 is 0. The van der Waals surface area contributed by atoms with Crippen molar-refractivity contribution in [2.24, 2.45) is 0 Å². The van der Waals surface area contributed by atoms with E-state index in [0.717, 1.165) is 0 Å². The molecule has 90 valence electrons. The smallest absolute Gasteiger partial charge is 0.155 e. The van der Waals surface area contributed by atoms with E-state index in [1.54, 1.807) is 0 Å². The number of aromatic nitrogens is 4. The number of hydrogen-bond acceptors (Lipinski definition) is 7. The highest BCUT2D eigenvalue weighted by molar-refractivity contribution is 5.85. The summed E-state index contributed by atoms with van der Waals surface area (Å²) in [4.78, 5) is 7.86. The second-order valence-electron chi connectivity index (χ2n) is 3.91. The van der Waals surface area contributed by atoms with Crippen molar-refractivity contribution in [1.82, 2.24) is 20.2 Å². The number of nitrogens with two attached hydrogens (primary N) is 1. The van der Waals surface area contributed by atoms with Gasteiger partial charge in [0.15, 0.2) is 11.3 Å². The molecule has 2 aromatic rings. The van der Waals surface area contributed by atoms with Crippen LogP contribution in [-0.4, -0.2) is 49.2 Å². The Balaban J connectivity index is 2.10. The second-order valence-corrected chi connectivity index (χ2v) is 3.91. The zero-order valence-electron chi connectivity index (χ0n) is 8.74. The summed E-state index contributed by atoms with van der Waals surface area (Å²) in [5.74, 6) is 0.255. The third-order valence-electron chi connectivity index (χ3n) is 2.83. The third-order valence-corrected chi connectivity index (χ3v) is 2.83. The lowest BCUT2D eigenvalue weighted by Crippen LogP contribution is -2.25. The molecule has 3 rings (SSSR count). The van der Waals surface area contributed by atoms with E-state index >= 15 is 0 Å². The molecule has 5 N–H and O–H groups in total. The number of anilines is 1.